The van der Waals surface area contributed by atoms with Gasteiger partial charge in [-0.1, -0.05) is 43.3 Å². The summed E-state index contributed by atoms with van der Waals surface area (Å²) in [7, 11) is 1.79. The lowest BCUT2D eigenvalue weighted by Crippen LogP contribution is -2.39. The van der Waals surface area contributed by atoms with Crippen LogP contribution in [-0.2, 0) is 19.5 Å². The molecule has 1 unspecified atom stereocenters. The molecular weight excluding hydrogens is 507 g/mol. The minimum absolute atomic E-state index is 0. The van der Waals surface area contributed by atoms with Crippen LogP contribution in [0.15, 0.2) is 76.0 Å². The van der Waals surface area contributed by atoms with E-state index in [1.165, 1.54) is 10.4 Å². The number of hydrogen-bond donors (Lipinski definition) is 2. The molecule has 0 aliphatic rings. The Labute approximate surface area is 199 Å². The molecule has 0 bridgehead atoms. The summed E-state index contributed by atoms with van der Waals surface area (Å²) >= 11 is 1.81. The lowest BCUT2D eigenvalue weighted by atomic mass is 10.1. The summed E-state index contributed by atoms with van der Waals surface area (Å²) in [4.78, 5) is 17.6. The summed E-state index contributed by atoms with van der Waals surface area (Å²) in [5, 5.41) is 8.90. The van der Waals surface area contributed by atoms with E-state index in [9.17, 15) is 4.79 Å². The van der Waals surface area contributed by atoms with Crippen LogP contribution in [0, 0.1) is 5.92 Å². The molecule has 3 aromatic rings. The SMILES string of the molecule is CN=C(NCc1ccc(Cn2ccccc2=O)cc1)NCC(C)Cc1cccs1.I. The van der Waals surface area contributed by atoms with E-state index in [4.69, 9.17) is 0 Å². The van der Waals surface area contributed by atoms with Crippen LogP contribution in [0.2, 0.25) is 0 Å². The maximum absolute atomic E-state index is 11.8. The van der Waals surface area contributed by atoms with Crippen LogP contribution in [-0.4, -0.2) is 24.1 Å². The lowest BCUT2D eigenvalue weighted by molar-refractivity contribution is 0.562. The van der Waals surface area contributed by atoms with E-state index >= 15 is 0 Å². The number of pyridine rings is 1. The standard InChI is InChI=1S/C23H28N4OS.HI/c1-18(14-21-6-5-13-29-21)15-25-23(24-2)26-16-19-8-10-20(11-9-19)17-27-12-4-3-7-22(27)28;/h3-13,18H,14-17H2,1-2H3,(H2,24,25,26);1H. The van der Waals surface area contributed by atoms with Crippen molar-refractivity contribution in [3.8, 4) is 0 Å². The van der Waals surface area contributed by atoms with Crippen molar-refractivity contribution in [2.45, 2.75) is 26.4 Å². The molecule has 2 heterocycles. The predicted octanol–water partition coefficient (Wildman–Crippen LogP) is 4.12. The number of rotatable bonds is 8. The van der Waals surface area contributed by atoms with Crippen LogP contribution in [0.1, 0.15) is 22.9 Å². The number of guanidine groups is 1. The molecule has 0 radical (unpaired) electrons. The maximum atomic E-state index is 11.8. The van der Waals surface area contributed by atoms with E-state index < -0.39 is 0 Å². The fourth-order valence-corrected chi connectivity index (χ4v) is 3.94. The smallest absolute Gasteiger partial charge is 0.250 e. The summed E-state index contributed by atoms with van der Waals surface area (Å²) in [5.74, 6) is 1.34. The molecule has 1 aromatic carbocycles. The monoisotopic (exact) mass is 536 g/mol. The number of benzene rings is 1. The zero-order valence-electron chi connectivity index (χ0n) is 17.4. The molecule has 0 saturated carbocycles. The van der Waals surface area contributed by atoms with Gasteiger partial charge >= 0.3 is 0 Å². The van der Waals surface area contributed by atoms with Crippen LogP contribution in [0.25, 0.3) is 0 Å². The fraction of sp³-hybridized carbons (Fsp3) is 0.304. The average Bonchev–Trinajstić information content (AvgIpc) is 3.24. The molecule has 5 nitrogen and oxygen atoms in total. The van der Waals surface area contributed by atoms with Gasteiger partial charge in [0.25, 0.3) is 5.56 Å². The van der Waals surface area contributed by atoms with Crippen molar-refractivity contribution >= 4 is 41.3 Å². The highest BCUT2D eigenvalue weighted by Gasteiger charge is 2.06. The van der Waals surface area contributed by atoms with Gasteiger partial charge in [0.2, 0.25) is 0 Å². The Morgan fingerprint density at radius 1 is 1.07 bits per heavy atom. The highest BCUT2D eigenvalue weighted by atomic mass is 127. The molecule has 2 N–H and O–H groups in total. The molecule has 0 aliphatic carbocycles. The minimum Gasteiger partial charge on any atom is -0.356 e. The van der Waals surface area contributed by atoms with Gasteiger partial charge in [0, 0.05) is 37.3 Å². The molecule has 0 amide bonds. The first-order valence-corrected chi connectivity index (χ1v) is 10.7. The summed E-state index contributed by atoms with van der Waals surface area (Å²) in [5.41, 5.74) is 2.29. The fourth-order valence-electron chi connectivity index (χ4n) is 3.07. The molecule has 160 valence electrons. The predicted molar refractivity (Wildman–Crippen MR) is 137 cm³/mol. The Hall–Kier alpha value is -2.13. The van der Waals surface area contributed by atoms with Gasteiger partial charge in [-0.15, -0.1) is 35.3 Å². The van der Waals surface area contributed by atoms with Crippen molar-refractivity contribution in [2.24, 2.45) is 10.9 Å². The van der Waals surface area contributed by atoms with E-state index in [0.717, 1.165) is 24.5 Å². The summed E-state index contributed by atoms with van der Waals surface area (Å²) < 4.78 is 1.70. The van der Waals surface area contributed by atoms with Gasteiger partial charge in [0.15, 0.2) is 5.96 Å². The summed E-state index contributed by atoms with van der Waals surface area (Å²) in [6.07, 6.45) is 2.89. The molecule has 3 rings (SSSR count). The minimum atomic E-state index is 0. The molecular formula is C23H29IN4OS. The largest absolute Gasteiger partial charge is 0.356 e. The van der Waals surface area contributed by atoms with E-state index in [1.807, 2.05) is 23.6 Å². The molecule has 0 aliphatic heterocycles. The zero-order valence-corrected chi connectivity index (χ0v) is 20.5. The highest BCUT2D eigenvalue weighted by molar-refractivity contribution is 14.0. The Morgan fingerprint density at radius 3 is 2.50 bits per heavy atom. The van der Waals surface area contributed by atoms with Crippen molar-refractivity contribution in [1.82, 2.24) is 15.2 Å². The quantitative estimate of drug-likeness (QED) is 0.259. The molecule has 1 atom stereocenters. The Bertz CT molecular complexity index is 967. The number of aliphatic imine (C=N–C) groups is 1. The third-order valence-corrected chi connectivity index (χ3v) is 5.60. The van der Waals surface area contributed by atoms with Gasteiger partial charge in [-0.25, -0.2) is 0 Å². The normalized spacial score (nSPS) is 12.1. The van der Waals surface area contributed by atoms with E-state index in [1.54, 1.807) is 23.7 Å². The summed E-state index contributed by atoms with van der Waals surface area (Å²) in [6.45, 7) is 4.41. The molecule has 0 fully saturated rings. The van der Waals surface area contributed by atoms with Gasteiger partial charge in [-0.3, -0.25) is 9.79 Å². The van der Waals surface area contributed by atoms with Crippen molar-refractivity contribution in [1.29, 1.82) is 0 Å². The first-order chi connectivity index (χ1) is 14.1. The Kier molecular flexibility index (Phi) is 10.1. The molecule has 2 aromatic heterocycles. The number of nitrogens with zero attached hydrogens (tertiary/aromatic N) is 2. The van der Waals surface area contributed by atoms with Crippen LogP contribution in [0.4, 0.5) is 0 Å². The van der Waals surface area contributed by atoms with Gasteiger partial charge in [-0.05, 0) is 41.0 Å². The number of halogens is 1. The number of aromatic nitrogens is 1. The van der Waals surface area contributed by atoms with Gasteiger partial charge in [0.05, 0.1) is 6.54 Å². The van der Waals surface area contributed by atoms with Crippen molar-refractivity contribution in [2.75, 3.05) is 13.6 Å². The maximum Gasteiger partial charge on any atom is 0.250 e. The van der Waals surface area contributed by atoms with Crippen LogP contribution in [0.5, 0.6) is 0 Å². The molecule has 7 heteroatoms. The Morgan fingerprint density at radius 2 is 1.83 bits per heavy atom. The lowest BCUT2D eigenvalue weighted by Gasteiger charge is -2.16. The number of thiophene rings is 1. The second-order valence-corrected chi connectivity index (χ2v) is 8.21. The van der Waals surface area contributed by atoms with Crippen molar-refractivity contribution in [3.05, 3.63) is 92.5 Å². The third-order valence-electron chi connectivity index (χ3n) is 4.71. The van der Waals surface area contributed by atoms with Crippen LogP contribution < -0.4 is 16.2 Å². The number of hydrogen-bond acceptors (Lipinski definition) is 3. The van der Waals surface area contributed by atoms with Gasteiger partial charge in [-0.2, -0.15) is 0 Å². The molecule has 0 saturated heterocycles. The van der Waals surface area contributed by atoms with E-state index in [-0.39, 0.29) is 29.5 Å². The van der Waals surface area contributed by atoms with Gasteiger partial charge < -0.3 is 15.2 Å². The third kappa shape index (κ3) is 7.60. The first-order valence-electron chi connectivity index (χ1n) is 9.84. The van der Waals surface area contributed by atoms with Crippen molar-refractivity contribution in [3.63, 3.8) is 0 Å². The molecule has 0 spiro atoms. The van der Waals surface area contributed by atoms with E-state index in [2.05, 4.69) is 64.3 Å². The topological polar surface area (TPSA) is 58.4 Å². The van der Waals surface area contributed by atoms with Crippen LogP contribution in [0.3, 0.4) is 0 Å². The Balaban J connectivity index is 0.00000320. The molecule has 30 heavy (non-hydrogen) atoms. The number of nitrogens with one attached hydrogen (secondary N) is 2. The second kappa shape index (κ2) is 12.5. The highest BCUT2D eigenvalue weighted by Crippen LogP contribution is 2.13. The van der Waals surface area contributed by atoms with E-state index in [0.29, 0.717) is 19.0 Å². The van der Waals surface area contributed by atoms with Crippen LogP contribution >= 0.6 is 35.3 Å². The average molecular weight is 536 g/mol. The first kappa shape index (κ1) is 24.1. The van der Waals surface area contributed by atoms with Gasteiger partial charge in [0.1, 0.15) is 0 Å². The second-order valence-electron chi connectivity index (χ2n) is 7.18. The van der Waals surface area contributed by atoms with Crippen molar-refractivity contribution < 1.29 is 0 Å². The zero-order chi connectivity index (χ0) is 20.5. The summed E-state index contributed by atoms with van der Waals surface area (Å²) in [6, 6.07) is 17.8.